The van der Waals surface area contributed by atoms with Gasteiger partial charge in [-0.05, 0) is 23.6 Å². The fourth-order valence-corrected chi connectivity index (χ4v) is 1.87. The largest absolute Gasteiger partial charge is 0.360 e. The van der Waals surface area contributed by atoms with E-state index in [4.69, 9.17) is 11.6 Å². The zero-order valence-electron chi connectivity index (χ0n) is 7.76. The van der Waals surface area contributed by atoms with Crippen LogP contribution in [0.3, 0.4) is 0 Å². The van der Waals surface area contributed by atoms with Crippen LogP contribution in [0.2, 0.25) is 5.02 Å². The van der Waals surface area contributed by atoms with Crippen molar-refractivity contribution >= 4 is 22.5 Å². The molecule has 0 spiro atoms. The number of rotatable bonds is 1. The summed E-state index contributed by atoms with van der Waals surface area (Å²) in [5, 5.41) is 2.03. The summed E-state index contributed by atoms with van der Waals surface area (Å²) in [5.74, 6) is 0.538. The molecule has 0 aliphatic carbocycles. The number of aromatic nitrogens is 1. The third kappa shape index (κ3) is 1.33. The molecule has 0 bridgehead atoms. The highest BCUT2D eigenvalue weighted by Gasteiger charge is 2.07. The molecule has 1 N–H and O–H groups in total. The highest BCUT2D eigenvalue weighted by Crippen LogP contribution is 2.29. The highest BCUT2D eigenvalue weighted by molar-refractivity contribution is 6.35. The second-order valence-corrected chi connectivity index (χ2v) is 3.96. The summed E-state index contributed by atoms with van der Waals surface area (Å²) in [5.41, 5.74) is 2.40. The Morgan fingerprint density at radius 2 is 2.00 bits per heavy atom. The minimum Gasteiger partial charge on any atom is -0.360 e. The molecule has 2 aromatic rings. The van der Waals surface area contributed by atoms with E-state index in [2.05, 4.69) is 31.0 Å². The van der Waals surface area contributed by atoms with Crippen molar-refractivity contribution in [3.05, 3.63) is 35.0 Å². The van der Waals surface area contributed by atoms with Crippen LogP contribution in [-0.2, 0) is 0 Å². The Kier molecular flexibility index (Phi) is 2.04. The van der Waals surface area contributed by atoms with Crippen molar-refractivity contribution < 1.29 is 0 Å². The van der Waals surface area contributed by atoms with Crippen LogP contribution in [0.1, 0.15) is 25.3 Å². The standard InChI is InChI=1S/C11H12ClN/c1-7(2)8-3-4-10(12)11-9(8)5-6-13-11/h3-7,13H,1-2H3. The number of hydrogen-bond donors (Lipinski definition) is 1. The first-order chi connectivity index (χ1) is 6.20. The molecule has 2 heteroatoms. The molecule has 0 aliphatic heterocycles. The Morgan fingerprint density at radius 3 is 2.69 bits per heavy atom. The molecule has 1 heterocycles. The van der Waals surface area contributed by atoms with E-state index >= 15 is 0 Å². The Morgan fingerprint density at radius 1 is 1.23 bits per heavy atom. The van der Waals surface area contributed by atoms with Gasteiger partial charge in [0.15, 0.2) is 0 Å². The van der Waals surface area contributed by atoms with Crippen LogP contribution >= 0.6 is 11.6 Å². The molecule has 1 aromatic heterocycles. The van der Waals surface area contributed by atoms with Gasteiger partial charge in [-0.1, -0.05) is 31.5 Å². The Bertz CT molecular complexity index is 429. The maximum Gasteiger partial charge on any atom is 0.0647 e. The number of nitrogens with one attached hydrogen (secondary N) is 1. The van der Waals surface area contributed by atoms with E-state index in [1.54, 1.807) is 0 Å². The molecule has 0 radical (unpaired) electrons. The second-order valence-electron chi connectivity index (χ2n) is 3.56. The molecule has 0 fully saturated rings. The zero-order valence-corrected chi connectivity index (χ0v) is 8.52. The van der Waals surface area contributed by atoms with E-state index in [-0.39, 0.29) is 0 Å². The number of benzene rings is 1. The molecule has 68 valence electrons. The topological polar surface area (TPSA) is 15.8 Å². The Labute approximate surface area is 82.7 Å². The van der Waals surface area contributed by atoms with Crippen molar-refractivity contribution in [1.29, 1.82) is 0 Å². The summed E-state index contributed by atoms with van der Waals surface area (Å²) < 4.78 is 0. The van der Waals surface area contributed by atoms with Crippen LogP contribution in [0, 0.1) is 0 Å². The SMILES string of the molecule is CC(C)c1ccc(Cl)c2[nH]ccc12. The average molecular weight is 194 g/mol. The van der Waals surface area contributed by atoms with E-state index in [1.807, 2.05) is 12.3 Å². The fraction of sp³-hybridized carbons (Fsp3) is 0.273. The monoisotopic (exact) mass is 193 g/mol. The van der Waals surface area contributed by atoms with Gasteiger partial charge in [0.1, 0.15) is 0 Å². The molecule has 0 unspecified atom stereocenters. The fourth-order valence-electron chi connectivity index (χ4n) is 1.65. The normalized spacial score (nSPS) is 11.4. The van der Waals surface area contributed by atoms with Crippen LogP contribution < -0.4 is 0 Å². The van der Waals surface area contributed by atoms with Crippen molar-refractivity contribution in [2.75, 3.05) is 0 Å². The summed E-state index contributed by atoms with van der Waals surface area (Å²) in [6.07, 6.45) is 1.93. The lowest BCUT2D eigenvalue weighted by atomic mass is 9.99. The minimum absolute atomic E-state index is 0.538. The van der Waals surface area contributed by atoms with Gasteiger partial charge in [0.25, 0.3) is 0 Å². The van der Waals surface area contributed by atoms with E-state index < -0.39 is 0 Å². The van der Waals surface area contributed by atoms with E-state index in [9.17, 15) is 0 Å². The maximum absolute atomic E-state index is 6.04. The third-order valence-corrected chi connectivity index (χ3v) is 2.64. The Hall–Kier alpha value is -0.950. The van der Waals surface area contributed by atoms with Gasteiger partial charge in [-0.15, -0.1) is 0 Å². The highest BCUT2D eigenvalue weighted by atomic mass is 35.5. The van der Waals surface area contributed by atoms with Gasteiger partial charge < -0.3 is 4.98 Å². The van der Waals surface area contributed by atoms with E-state index in [0.717, 1.165) is 10.5 Å². The molecule has 1 nitrogen and oxygen atoms in total. The predicted octanol–water partition coefficient (Wildman–Crippen LogP) is 3.94. The smallest absolute Gasteiger partial charge is 0.0647 e. The lowest BCUT2D eigenvalue weighted by Gasteiger charge is -2.07. The van der Waals surface area contributed by atoms with Crippen molar-refractivity contribution in [3.8, 4) is 0 Å². The van der Waals surface area contributed by atoms with E-state index in [1.165, 1.54) is 10.9 Å². The number of halogens is 1. The van der Waals surface area contributed by atoms with Gasteiger partial charge in [-0.25, -0.2) is 0 Å². The average Bonchev–Trinajstić information content (AvgIpc) is 2.53. The molecule has 0 atom stereocenters. The molecule has 0 saturated carbocycles. The Balaban J connectivity index is 2.78. The van der Waals surface area contributed by atoms with Gasteiger partial charge in [-0.2, -0.15) is 0 Å². The van der Waals surface area contributed by atoms with Crippen molar-refractivity contribution in [2.24, 2.45) is 0 Å². The first kappa shape index (κ1) is 8.64. The van der Waals surface area contributed by atoms with Crippen LogP contribution in [0.4, 0.5) is 0 Å². The first-order valence-corrected chi connectivity index (χ1v) is 4.83. The third-order valence-electron chi connectivity index (χ3n) is 2.33. The second kappa shape index (κ2) is 3.08. The summed E-state index contributed by atoms with van der Waals surface area (Å²) in [6, 6.07) is 6.13. The predicted molar refractivity (Wildman–Crippen MR) is 57.4 cm³/mol. The number of fused-ring (bicyclic) bond motifs is 1. The summed E-state index contributed by atoms with van der Waals surface area (Å²) in [4.78, 5) is 3.15. The summed E-state index contributed by atoms with van der Waals surface area (Å²) >= 11 is 6.04. The minimum atomic E-state index is 0.538. The molecule has 1 aromatic carbocycles. The maximum atomic E-state index is 6.04. The molecule has 0 aliphatic rings. The molecular formula is C11H12ClN. The zero-order chi connectivity index (χ0) is 9.42. The lowest BCUT2D eigenvalue weighted by molar-refractivity contribution is 0.876. The van der Waals surface area contributed by atoms with Crippen LogP contribution in [0.25, 0.3) is 10.9 Å². The number of hydrogen-bond acceptors (Lipinski definition) is 0. The van der Waals surface area contributed by atoms with Gasteiger partial charge in [0, 0.05) is 11.6 Å². The van der Waals surface area contributed by atoms with Crippen molar-refractivity contribution in [3.63, 3.8) is 0 Å². The molecule has 2 rings (SSSR count). The van der Waals surface area contributed by atoms with Crippen LogP contribution in [-0.4, -0.2) is 4.98 Å². The quantitative estimate of drug-likeness (QED) is 0.706. The lowest BCUT2D eigenvalue weighted by Crippen LogP contribution is -1.87. The summed E-state index contributed by atoms with van der Waals surface area (Å²) in [7, 11) is 0. The molecule has 13 heavy (non-hydrogen) atoms. The number of aromatic amines is 1. The van der Waals surface area contributed by atoms with Gasteiger partial charge in [0.2, 0.25) is 0 Å². The van der Waals surface area contributed by atoms with Crippen molar-refractivity contribution in [2.45, 2.75) is 19.8 Å². The van der Waals surface area contributed by atoms with Crippen LogP contribution in [0.5, 0.6) is 0 Å². The van der Waals surface area contributed by atoms with Gasteiger partial charge in [0.05, 0.1) is 10.5 Å². The first-order valence-electron chi connectivity index (χ1n) is 4.45. The van der Waals surface area contributed by atoms with Gasteiger partial charge in [-0.3, -0.25) is 0 Å². The summed E-state index contributed by atoms with van der Waals surface area (Å²) in [6.45, 7) is 4.38. The number of H-pyrrole nitrogens is 1. The van der Waals surface area contributed by atoms with Gasteiger partial charge >= 0.3 is 0 Å². The van der Waals surface area contributed by atoms with Crippen LogP contribution in [0.15, 0.2) is 24.4 Å². The molecule has 0 amide bonds. The molecule has 0 saturated heterocycles. The molecular weight excluding hydrogens is 182 g/mol. The van der Waals surface area contributed by atoms with E-state index in [0.29, 0.717) is 5.92 Å². The van der Waals surface area contributed by atoms with Crippen molar-refractivity contribution in [1.82, 2.24) is 4.98 Å².